The van der Waals surface area contributed by atoms with Crippen molar-refractivity contribution in [3.05, 3.63) is 29.3 Å². The zero-order valence-corrected chi connectivity index (χ0v) is 14.3. The first kappa shape index (κ1) is 14.9. The Balaban J connectivity index is 1.35. The molecule has 22 heavy (non-hydrogen) atoms. The van der Waals surface area contributed by atoms with Crippen molar-refractivity contribution in [3.8, 4) is 0 Å². The SMILES string of the molecule is O=C(CSc1ccc(Cl)cc1)NC12CC3CC(CC(C3)C1)C2. The number of hydrogen-bond acceptors (Lipinski definition) is 2. The van der Waals surface area contributed by atoms with E-state index in [0.717, 1.165) is 27.7 Å². The summed E-state index contributed by atoms with van der Waals surface area (Å²) < 4.78 is 0. The summed E-state index contributed by atoms with van der Waals surface area (Å²) in [4.78, 5) is 13.5. The van der Waals surface area contributed by atoms with E-state index in [1.165, 1.54) is 38.5 Å². The van der Waals surface area contributed by atoms with Crippen LogP contribution in [-0.2, 0) is 4.79 Å². The van der Waals surface area contributed by atoms with Gasteiger partial charge in [0.15, 0.2) is 0 Å². The molecule has 1 N–H and O–H groups in total. The van der Waals surface area contributed by atoms with Crippen molar-refractivity contribution in [3.63, 3.8) is 0 Å². The minimum Gasteiger partial charge on any atom is -0.350 e. The second-order valence-electron chi connectivity index (χ2n) is 7.49. The molecule has 2 nitrogen and oxygen atoms in total. The molecule has 1 amide bonds. The Morgan fingerprint density at radius 3 is 2.18 bits per heavy atom. The van der Waals surface area contributed by atoms with Crippen molar-refractivity contribution >= 4 is 29.3 Å². The van der Waals surface area contributed by atoms with Crippen LogP contribution in [0.5, 0.6) is 0 Å². The minimum atomic E-state index is 0.131. The average molecular weight is 336 g/mol. The lowest BCUT2D eigenvalue weighted by Crippen LogP contribution is -2.60. The van der Waals surface area contributed by atoms with Crippen LogP contribution in [0, 0.1) is 17.8 Å². The number of hydrogen-bond donors (Lipinski definition) is 1. The minimum absolute atomic E-state index is 0.131. The van der Waals surface area contributed by atoms with E-state index in [1.54, 1.807) is 11.8 Å². The third-order valence-corrected chi connectivity index (χ3v) is 6.89. The number of halogens is 1. The summed E-state index contributed by atoms with van der Waals surface area (Å²) >= 11 is 7.48. The number of carbonyl (C=O) groups is 1. The Labute approximate surface area is 141 Å². The van der Waals surface area contributed by atoms with Gasteiger partial charge in [0.2, 0.25) is 5.91 Å². The molecule has 118 valence electrons. The van der Waals surface area contributed by atoms with Crippen molar-refractivity contribution in [2.45, 2.75) is 49.0 Å². The standard InChI is InChI=1S/C18H22ClNOS/c19-15-1-3-16(4-2-15)22-11-17(21)20-18-8-12-5-13(9-18)7-14(6-12)10-18/h1-4,12-14H,5-11H2,(H,20,21). The van der Waals surface area contributed by atoms with Gasteiger partial charge in [-0.2, -0.15) is 0 Å². The lowest BCUT2D eigenvalue weighted by molar-refractivity contribution is -0.124. The molecule has 0 saturated heterocycles. The number of benzene rings is 1. The molecule has 4 aliphatic rings. The van der Waals surface area contributed by atoms with Gasteiger partial charge in [0.05, 0.1) is 5.75 Å². The van der Waals surface area contributed by atoms with Gasteiger partial charge in [-0.05, 0) is 80.5 Å². The van der Waals surface area contributed by atoms with E-state index in [9.17, 15) is 4.79 Å². The first-order valence-electron chi connectivity index (χ1n) is 8.30. The van der Waals surface area contributed by atoms with Crippen LogP contribution in [0.25, 0.3) is 0 Å². The quantitative estimate of drug-likeness (QED) is 0.820. The molecule has 0 heterocycles. The first-order valence-corrected chi connectivity index (χ1v) is 9.66. The van der Waals surface area contributed by atoms with Crippen LogP contribution >= 0.6 is 23.4 Å². The largest absolute Gasteiger partial charge is 0.350 e. The van der Waals surface area contributed by atoms with Crippen molar-refractivity contribution in [1.29, 1.82) is 0 Å². The van der Waals surface area contributed by atoms with Crippen molar-refractivity contribution in [2.24, 2.45) is 17.8 Å². The van der Waals surface area contributed by atoms with Gasteiger partial charge in [-0.3, -0.25) is 4.79 Å². The molecule has 4 fully saturated rings. The van der Waals surface area contributed by atoms with Gasteiger partial charge in [0.25, 0.3) is 0 Å². The van der Waals surface area contributed by atoms with Gasteiger partial charge in [-0.1, -0.05) is 11.6 Å². The van der Waals surface area contributed by atoms with Crippen molar-refractivity contribution in [2.75, 3.05) is 5.75 Å². The molecule has 0 aliphatic heterocycles. The Bertz CT molecular complexity index is 536. The molecular formula is C18H22ClNOS. The second kappa shape index (κ2) is 5.76. The highest BCUT2D eigenvalue weighted by molar-refractivity contribution is 8.00. The molecule has 0 radical (unpaired) electrons. The van der Waals surface area contributed by atoms with Gasteiger partial charge < -0.3 is 5.32 Å². The highest BCUT2D eigenvalue weighted by Gasteiger charge is 2.51. The number of carbonyl (C=O) groups excluding carboxylic acids is 1. The fraction of sp³-hybridized carbons (Fsp3) is 0.611. The van der Waals surface area contributed by atoms with Gasteiger partial charge in [-0.25, -0.2) is 0 Å². The predicted molar refractivity (Wildman–Crippen MR) is 91.2 cm³/mol. The molecule has 4 saturated carbocycles. The average Bonchev–Trinajstić information content (AvgIpc) is 2.44. The zero-order valence-electron chi connectivity index (χ0n) is 12.7. The summed E-state index contributed by atoms with van der Waals surface area (Å²) in [7, 11) is 0. The Morgan fingerprint density at radius 1 is 1.09 bits per heavy atom. The number of thioether (sulfide) groups is 1. The maximum absolute atomic E-state index is 12.4. The lowest BCUT2D eigenvalue weighted by Gasteiger charge is -2.56. The lowest BCUT2D eigenvalue weighted by atomic mass is 9.53. The fourth-order valence-electron chi connectivity index (χ4n) is 5.28. The zero-order chi connectivity index (χ0) is 15.2. The Hall–Kier alpha value is -0.670. The van der Waals surface area contributed by atoms with E-state index >= 15 is 0 Å². The summed E-state index contributed by atoms with van der Waals surface area (Å²) in [5, 5.41) is 4.16. The molecule has 5 rings (SSSR count). The van der Waals surface area contributed by atoms with E-state index in [0.29, 0.717) is 5.75 Å². The number of nitrogens with one attached hydrogen (secondary N) is 1. The topological polar surface area (TPSA) is 29.1 Å². The van der Waals surface area contributed by atoms with Crippen molar-refractivity contribution in [1.82, 2.24) is 5.32 Å². The van der Waals surface area contributed by atoms with Crippen LogP contribution in [-0.4, -0.2) is 17.2 Å². The van der Waals surface area contributed by atoms with Gasteiger partial charge >= 0.3 is 0 Å². The summed E-state index contributed by atoms with van der Waals surface area (Å²) in [5.41, 5.74) is 0.131. The van der Waals surface area contributed by atoms with Crippen LogP contribution in [0.3, 0.4) is 0 Å². The molecule has 1 aromatic carbocycles. The predicted octanol–water partition coefficient (Wildman–Crippen LogP) is 4.52. The van der Waals surface area contributed by atoms with Crippen LogP contribution in [0.2, 0.25) is 5.02 Å². The Morgan fingerprint density at radius 2 is 1.64 bits per heavy atom. The fourth-order valence-corrected chi connectivity index (χ4v) is 6.10. The highest BCUT2D eigenvalue weighted by atomic mass is 35.5. The van der Waals surface area contributed by atoms with E-state index in [4.69, 9.17) is 11.6 Å². The van der Waals surface area contributed by atoms with Crippen molar-refractivity contribution < 1.29 is 4.79 Å². The molecule has 0 spiro atoms. The third-order valence-electron chi connectivity index (χ3n) is 5.63. The summed E-state index contributed by atoms with van der Waals surface area (Å²) in [5.74, 6) is 3.31. The second-order valence-corrected chi connectivity index (χ2v) is 8.97. The first-order chi connectivity index (χ1) is 10.6. The molecule has 4 aliphatic carbocycles. The van der Waals surface area contributed by atoms with Crippen LogP contribution in [0.1, 0.15) is 38.5 Å². The maximum atomic E-state index is 12.4. The molecule has 0 atom stereocenters. The molecule has 0 aromatic heterocycles. The summed E-state index contributed by atoms with van der Waals surface area (Å²) in [6.45, 7) is 0. The van der Waals surface area contributed by atoms with E-state index in [2.05, 4.69) is 5.32 Å². The van der Waals surface area contributed by atoms with E-state index in [-0.39, 0.29) is 11.4 Å². The number of rotatable bonds is 4. The van der Waals surface area contributed by atoms with E-state index < -0.39 is 0 Å². The number of amides is 1. The highest BCUT2D eigenvalue weighted by Crippen LogP contribution is 2.55. The van der Waals surface area contributed by atoms with Crippen LogP contribution in [0.15, 0.2) is 29.2 Å². The van der Waals surface area contributed by atoms with Gasteiger partial charge in [0, 0.05) is 15.5 Å². The summed E-state index contributed by atoms with van der Waals surface area (Å²) in [6.07, 6.45) is 7.89. The van der Waals surface area contributed by atoms with Crippen LogP contribution in [0.4, 0.5) is 0 Å². The molecule has 1 aromatic rings. The van der Waals surface area contributed by atoms with E-state index in [1.807, 2.05) is 24.3 Å². The maximum Gasteiger partial charge on any atom is 0.230 e. The van der Waals surface area contributed by atoms with Crippen LogP contribution < -0.4 is 5.32 Å². The Kier molecular flexibility index (Phi) is 3.90. The molecule has 4 bridgehead atoms. The van der Waals surface area contributed by atoms with Gasteiger partial charge in [-0.15, -0.1) is 11.8 Å². The molecule has 0 unspecified atom stereocenters. The molecular weight excluding hydrogens is 314 g/mol. The normalized spacial score (nSPS) is 35.6. The van der Waals surface area contributed by atoms with Gasteiger partial charge in [0.1, 0.15) is 0 Å². The smallest absolute Gasteiger partial charge is 0.230 e. The third kappa shape index (κ3) is 3.03. The summed E-state index contributed by atoms with van der Waals surface area (Å²) in [6, 6.07) is 7.71. The monoisotopic (exact) mass is 335 g/mol. The molecule has 4 heteroatoms.